The van der Waals surface area contributed by atoms with E-state index < -0.39 is 0 Å². The molecule has 0 amide bonds. The van der Waals surface area contributed by atoms with Crippen LogP contribution in [-0.2, 0) is 4.79 Å². The first-order chi connectivity index (χ1) is 6.31. The predicted molar refractivity (Wildman–Crippen MR) is 53.8 cm³/mol. The fourth-order valence-electron chi connectivity index (χ4n) is 1.63. The van der Waals surface area contributed by atoms with Crippen LogP contribution in [-0.4, -0.2) is 19.9 Å². The van der Waals surface area contributed by atoms with Crippen molar-refractivity contribution < 1.29 is 4.79 Å². The second kappa shape index (κ2) is 3.05. The van der Waals surface area contributed by atoms with E-state index in [1.54, 1.807) is 0 Å². The third-order valence-corrected chi connectivity index (χ3v) is 2.26. The number of carbonyl (C=O) groups is 1. The first-order valence-electron chi connectivity index (χ1n) is 4.27. The minimum Gasteiger partial charge on any atom is -0.370 e. The van der Waals surface area contributed by atoms with Gasteiger partial charge in [-0.1, -0.05) is 18.2 Å². The number of hydrogen-bond donors (Lipinski definition) is 0. The van der Waals surface area contributed by atoms with Crippen molar-refractivity contribution in [2.75, 3.05) is 18.5 Å². The molecule has 0 bridgehead atoms. The van der Waals surface area contributed by atoms with Gasteiger partial charge in [-0.25, -0.2) is 0 Å². The zero-order valence-corrected chi connectivity index (χ0v) is 7.53. The maximum atomic E-state index is 10.6. The van der Waals surface area contributed by atoms with E-state index in [9.17, 15) is 4.79 Å². The van der Waals surface area contributed by atoms with Gasteiger partial charge in [0.15, 0.2) is 0 Å². The standard InChI is InChI=1S/C11H11NO/c1-12-7-9(8-13)6-10-4-2-3-5-11(10)12/h2-6,8H,7H2,1H3. The van der Waals surface area contributed by atoms with Crippen LogP contribution >= 0.6 is 0 Å². The van der Waals surface area contributed by atoms with Crippen LogP contribution in [0.4, 0.5) is 5.69 Å². The minimum atomic E-state index is 0.709. The summed E-state index contributed by atoms with van der Waals surface area (Å²) in [5.41, 5.74) is 3.15. The van der Waals surface area contributed by atoms with E-state index in [1.807, 2.05) is 31.3 Å². The van der Waals surface area contributed by atoms with Gasteiger partial charge in [0.1, 0.15) is 6.29 Å². The fourth-order valence-corrected chi connectivity index (χ4v) is 1.63. The highest BCUT2D eigenvalue weighted by Crippen LogP contribution is 2.26. The van der Waals surface area contributed by atoms with Gasteiger partial charge >= 0.3 is 0 Å². The van der Waals surface area contributed by atoms with Gasteiger partial charge in [0.2, 0.25) is 0 Å². The number of nitrogens with zero attached hydrogens (tertiary/aromatic N) is 1. The van der Waals surface area contributed by atoms with Crippen LogP contribution in [0, 0.1) is 0 Å². The molecule has 0 aromatic heterocycles. The average molecular weight is 173 g/mol. The lowest BCUT2D eigenvalue weighted by Gasteiger charge is -2.25. The summed E-state index contributed by atoms with van der Waals surface area (Å²) >= 11 is 0. The lowest BCUT2D eigenvalue weighted by atomic mass is 10.0. The third kappa shape index (κ3) is 1.35. The van der Waals surface area contributed by atoms with Crippen molar-refractivity contribution in [2.24, 2.45) is 0 Å². The van der Waals surface area contributed by atoms with Gasteiger partial charge in [-0.15, -0.1) is 0 Å². The maximum Gasteiger partial charge on any atom is 0.147 e. The first-order valence-corrected chi connectivity index (χ1v) is 4.27. The molecule has 2 rings (SSSR count). The minimum absolute atomic E-state index is 0.709. The average Bonchev–Trinajstić information content (AvgIpc) is 2.18. The lowest BCUT2D eigenvalue weighted by Crippen LogP contribution is -2.24. The van der Waals surface area contributed by atoms with Crippen LogP contribution < -0.4 is 4.90 Å². The number of rotatable bonds is 1. The normalized spacial score (nSPS) is 14.8. The first kappa shape index (κ1) is 8.05. The van der Waals surface area contributed by atoms with Gasteiger partial charge in [0, 0.05) is 24.9 Å². The van der Waals surface area contributed by atoms with Crippen LogP contribution in [0.3, 0.4) is 0 Å². The molecule has 1 aromatic carbocycles. The highest BCUT2D eigenvalue weighted by atomic mass is 16.1. The highest BCUT2D eigenvalue weighted by molar-refractivity contribution is 5.88. The SMILES string of the molecule is CN1CC(C=O)=Cc2ccccc21. The summed E-state index contributed by atoms with van der Waals surface area (Å²) in [6, 6.07) is 8.08. The monoisotopic (exact) mass is 173 g/mol. The lowest BCUT2D eigenvalue weighted by molar-refractivity contribution is -0.104. The molecule has 2 heteroatoms. The molecule has 0 saturated carbocycles. The van der Waals surface area contributed by atoms with Crippen LogP contribution in [0.2, 0.25) is 0 Å². The number of likely N-dealkylation sites (N-methyl/N-ethyl adjacent to an activating group) is 1. The Kier molecular flexibility index (Phi) is 1.89. The van der Waals surface area contributed by atoms with Crippen molar-refractivity contribution in [1.29, 1.82) is 0 Å². The summed E-state index contributed by atoms with van der Waals surface area (Å²) in [6.45, 7) is 0.709. The number of carbonyl (C=O) groups excluding carboxylic acids is 1. The van der Waals surface area contributed by atoms with Gasteiger partial charge in [-0.2, -0.15) is 0 Å². The zero-order chi connectivity index (χ0) is 9.26. The Morgan fingerprint density at radius 2 is 2.15 bits per heavy atom. The largest absolute Gasteiger partial charge is 0.370 e. The van der Waals surface area contributed by atoms with Crippen LogP contribution in [0.15, 0.2) is 29.8 Å². The Labute approximate surface area is 77.5 Å². The summed E-state index contributed by atoms with van der Waals surface area (Å²) in [7, 11) is 2.00. The van der Waals surface area contributed by atoms with Gasteiger partial charge in [0.05, 0.1) is 0 Å². The van der Waals surface area contributed by atoms with Gasteiger partial charge < -0.3 is 4.90 Å². The molecule has 0 fully saturated rings. The number of aldehydes is 1. The van der Waals surface area contributed by atoms with E-state index in [4.69, 9.17) is 0 Å². The number of para-hydroxylation sites is 1. The number of benzene rings is 1. The number of fused-ring (bicyclic) bond motifs is 1. The molecular formula is C11H11NO. The van der Waals surface area contributed by atoms with Crippen molar-refractivity contribution in [3.63, 3.8) is 0 Å². The molecule has 1 aliphatic rings. The Bertz CT molecular complexity index is 368. The summed E-state index contributed by atoms with van der Waals surface area (Å²) < 4.78 is 0. The van der Waals surface area contributed by atoms with Gasteiger partial charge in [-0.05, 0) is 17.7 Å². The van der Waals surface area contributed by atoms with Gasteiger partial charge in [0.25, 0.3) is 0 Å². The Hall–Kier alpha value is -1.57. The molecule has 13 heavy (non-hydrogen) atoms. The van der Waals surface area contributed by atoms with Crippen molar-refractivity contribution in [3.05, 3.63) is 35.4 Å². The molecule has 1 aliphatic heterocycles. The molecule has 1 heterocycles. The molecule has 0 saturated heterocycles. The van der Waals surface area contributed by atoms with Crippen LogP contribution in [0.5, 0.6) is 0 Å². The van der Waals surface area contributed by atoms with E-state index in [0.717, 1.165) is 17.4 Å². The summed E-state index contributed by atoms with van der Waals surface area (Å²) in [4.78, 5) is 12.7. The summed E-state index contributed by atoms with van der Waals surface area (Å²) in [5.74, 6) is 0. The molecule has 2 nitrogen and oxygen atoms in total. The summed E-state index contributed by atoms with van der Waals surface area (Å²) in [6.07, 6.45) is 2.87. The number of hydrogen-bond acceptors (Lipinski definition) is 2. The molecular weight excluding hydrogens is 162 g/mol. The van der Waals surface area contributed by atoms with Crippen molar-refractivity contribution >= 4 is 18.0 Å². The van der Waals surface area contributed by atoms with E-state index in [0.29, 0.717) is 6.54 Å². The summed E-state index contributed by atoms with van der Waals surface area (Å²) in [5, 5.41) is 0. The second-order valence-corrected chi connectivity index (χ2v) is 3.25. The van der Waals surface area contributed by atoms with E-state index in [1.165, 1.54) is 5.69 Å². The van der Waals surface area contributed by atoms with E-state index in [2.05, 4.69) is 11.0 Å². The highest BCUT2D eigenvalue weighted by Gasteiger charge is 2.12. The quantitative estimate of drug-likeness (QED) is 0.603. The van der Waals surface area contributed by atoms with Crippen LogP contribution in [0.1, 0.15) is 5.56 Å². The predicted octanol–water partition coefficient (Wildman–Crippen LogP) is 1.72. The maximum absolute atomic E-state index is 10.6. The van der Waals surface area contributed by atoms with Crippen LogP contribution in [0.25, 0.3) is 6.08 Å². The molecule has 66 valence electrons. The fraction of sp³-hybridized carbons (Fsp3) is 0.182. The third-order valence-electron chi connectivity index (χ3n) is 2.26. The second-order valence-electron chi connectivity index (χ2n) is 3.25. The smallest absolute Gasteiger partial charge is 0.147 e. The van der Waals surface area contributed by atoms with Crippen molar-refractivity contribution in [3.8, 4) is 0 Å². The van der Waals surface area contributed by atoms with Crippen molar-refractivity contribution in [2.45, 2.75) is 0 Å². The topological polar surface area (TPSA) is 20.3 Å². The van der Waals surface area contributed by atoms with E-state index in [-0.39, 0.29) is 0 Å². The zero-order valence-electron chi connectivity index (χ0n) is 7.53. The Morgan fingerprint density at radius 3 is 2.92 bits per heavy atom. The number of anilines is 1. The van der Waals surface area contributed by atoms with Crippen molar-refractivity contribution in [1.82, 2.24) is 0 Å². The Morgan fingerprint density at radius 1 is 1.38 bits per heavy atom. The molecule has 0 radical (unpaired) electrons. The molecule has 0 atom stereocenters. The molecule has 0 aliphatic carbocycles. The Balaban J connectivity index is 2.52. The van der Waals surface area contributed by atoms with Gasteiger partial charge in [-0.3, -0.25) is 4.79 Å². The molecule has 1 aromatic rings. The van der Waals surface area contributed by atoms with E-state index >= 15 is 0 Å². The molecule has 0 spiro atoms. The molecule has 0 N–H and O–H groups in total. The molecule has 0 unspecified atom stereocenters.